The highest BCUT2D eigenvalue weighted by Crippen LogP contribution is 2.40. The van der Waals surface area contributed by atoms with Crippen molar-refractivity contribution in [1.29, 1.82) is 0 Å². The van der Waals surface area contributed by atoms with Crippen molar-refractivity contribution in [3.8, 4) is 16.9 Å². The number of aryl methyl sites for hydroxylation is 1. The lowest BCUT2D eigenvalue weighted by atomic mass is 9.76. The molecule has 0 unspecified atom stereocenters. The lowest BCUT2D eigenvalue weighted by Gasteiger charge is -2.29. The lowest BCUT2D eigenvalue weighted by molar-refractivity contribution is 0.304. The molecule has 0 saturated heterocycles. The van der Waals surface area contributed by atoms with E-state index in [9.17, 15) is 4.39 Å². The number of allylic oxidation sites excluding steroid dienone is 1. The van der Waals surface area contributed by atoms with Crippen molar-refractivity contribution in [3.05, 3.63) is 94.8 Å². The largest absolute Gasteiger partial charge is 0.494 e. The Hall–Kier alpha value is -3.01. The molecule has 0 heterocycles. The second-order valence-electron chi connectivity index (χ2n) is 9.39. The molecule has 3 aromatic rings. The van der Waals surface area contributed by atoms with E-state index in [1.165, 1.54) is 6.07 Å². The molecule has 1 aliphatic rings. The van der Waals surface area contributed by atoms with Gasteiger partial charge in [-0.05, 0) is 92.5 Å². The van der Waals surface area contributed by atoms with Crippen molar-refractivity contribution in [3.63, 3.8) is 0 Å². The Bertz CT molecular complexity index is 1160. The summed E-state index contributed by atoms with van der Waals surface area (Å²) in [7, 11) is 0. The molecule has 4 heteroatoms. The average molecular weight is 479 g/mol. The third kappa shape index (κ3) is 5.98. The van der Waals surface area contributed by atoms with Crippen molar-refractivity contribution in [2.75, 3.05) is 6.61 Å². The summed E-state index contributed by atoms with van der Waals surface area (Å²) < 4.78 is 49.8. The molecule has 35 heavy (non-hydrogen) atoms. The second-order valence-corrected chi connectivity index (χ2v) is 9.39. The maximum atomic E-state index is 15.1. The summed E-state index contributed by atoms with van der Waals surface area (Å²) >= 11 is 0. The highest BCUT2D eigenvalue weighted by Gasteiger charge is 2.26. The molecule has 0 N–H and O–H groups in total. The Morgan fingerprint density at radius 3 is 2.29 bits per heavy atom. The standard InChI is InChI=1S/C31H33F3O/c1-3-5-21-6-11-23(12-7-21)27-18-19-28(31(34)30(27)33)24-13-8-22(9-14-24)10-15-25-16-17-26(35-4-2)20-29(25)32/h3,5-7,11-12,16-20,22,24H,4,8-10,13-15H2,1-2H3. The summed E-state index contributed by atoms with van der Waals surface area (Å²) in [6, 6.07) is 16.0. The highest BCUT2D eigenvalue weighted by molar-refractivity contribution is 5.67. The summed E-state index contributed by atoms with van der Waals surface area (Å²) in [5.74, 6) is -0.664. The SMILES string of the molecule is CC=Cc1ccc(-c2ccc(C3CCC(CCc4ccc(OCC)cc4F)CC3)c(F)c2F)cc1. The third-order valence-electron chi connectivity index (χ3n) is 7.14. The van der Waals surface area contributed by atoms with Crippen LogP contribution in [0.5, 0.6) is 5.75 Å². The van der Waals surface area contributed by atoms with Crippen molar-refractivity contribution in [2.24, 2.45) is 5.92 Å². The minimum absolute atomic E-state index is 0.0223. The van der Waals surface area contributed by atoms with Gasteiger partial charge in [-0.3, -0.25) is 0 Å². The molecule has 0 aliphatic heterocycles. The molecule has 0 amide bonds. The van der Waals surface area contributed by atoms with E-state index >= 15 is 8.78 Å². The van der Waals surface area contributed by atoms with Gasteiger partial charge in [0, 0.05) is 11.6 Å². The molecule has 0 spiro atoms. The van der Waals surface area contributed by atoms with Crippen LogP contribution in [0.2, 0.25) is 0 Å². The summed E-state index contributed by atoms with van der Waals surface area (Å²) in [6.07, 6.45) is 9.02. The number of hydrogen-bond donors (Lipinski definition) is 0. The first-order chi connectivity index (χ1) is 17.0. The zero-order chi connectivity index (χ0) is 24.8. The van der Waals surface area contributed by atoms with Gasteiger partial charge in [0.1, 0.15) is 11.6 Å². The maximum Gasteiger partial charge on any atom is 0.166 e. The number of rotatable bonds is 8. The number of hydrogen-bond acceptors (Lipinski definition) is 1. The van der Waals surface area contributed by atoms with Crippen molar-refractivity contribution in [2.45, 2.75) is 58.3 Å². The highest BCUT2D eigenvalue weighted by atomic mass is 19.2. The zero-order valence-corrected chi connectivity index (χ0v) is 20.5. The van der Waals surface area contributed by atoms with Gasteiger partial charge < -0.3 is 4.74 Å². The molecule has 4 rings (SSSR count). The van der Waals surface area contributed by atoms with Gasteiger partial charge in [0.25, 0.3) is 0 Å². The molecule has 1 nitrogen and oxygen atoms in total. The first-order valence-corrected chi connectivity index (χ1v) is 12.6. The Kier molecular flexibility index (Phi) is 8.33. The first-order valence-electron chi connectivity index (χ1n) is 12.6. The van der Waals surface area contributed by atoms with Crippen molar-refractivity contribution >= 4 is 6.08 Å². The predicted molar refractivity (Wildman–Crippen MR) is 137 cm³/mol. The van der Waals surface area contributed by atoms with Crippen LogP contribution in [0.4, 0.5) is 13.2 Å². The smallest absolute Gasteiger partial charge is 0.166 e. The molecule has 184 valence electrons. The number of halogens is 3. The van der Waals surface area contributed by atoms with Gasteiger partial charge >= 0.3 is 0 Å². The molecule has 3 aromatic carbocycles. The molecule has 0 aromatic heterocycles. The summed E-state index contributed by atoms with van der Waals surface area (Å²) in [6.45, 7) is 4.33. The van der Waals surface area contributed by atoms with Gasteiger partial charge in [-0.1, -0.05) is 54.6 Å². The molecule has 1 aliphatic carbocycles. The number of ether oxygens (including phenoxy) is 1. The fraction of sp³-hybridized carbons (Fsp3) is 0.355. The Morgan fingerprint density at radius 2 is 1.63 bits per heavy atom. The van der Waals surface area contributed by atoms with Crippen molar-refractivity contribution in [1.82, 2.24) is 0 Å². The van der Waals surface area contributed by atoms with E-state index in [4.69, 9.17) is 4.74 Å². The molecule has 0 radical (unpaired) electrons. The van der Waals surface area contributed by atoms with E-state index in [0.717, 1.165) is 37.7 Å². The van der Waals surface area contributed by atoms with E-state index in [0.29, 0.717) is 46.9 Å². The third-order valence-corrected chi connectivity index (χ3v) is 7.14. The lowest BCUT2D eigenvalue weighted by Crippen LogP contribution is -2.15. The minimum atomic E-state index is -0.769. The van der Waals surface area contributed by atoms with Gasteiger partial charge in [0.05, 0.1) is 6.61 Å². The van der Waals surface area contributed by atoms with Crippen LogP contribution >= 0.6 is 0 Å². The molecule has 0 atom stereocenters. The fourth-order valence-electron chi connectivity index (χ4n) is 5.18. The normalized spacial score (nSPS) is 18.2. The van der Waals surface area contributed by atoms with Crippen LogP contribution in [0, 0.1) is 23.4 Å². The van der Waals surface area contributed by atoms with Crippen LogP contribution in [-0.4, -0.2) is 6.61 Å². The molecule has 1 fully saturated rings. The van der Waals surface area contributed by atoms with E-state index < -0.39 is 11.6 Å². The van der Waals surface area contributed by atoms with Crippen LogP contribution < -0.4 is 4.74 Å². The van der Waals surface area contributed by atoms with E-state index in [2.05, 4.69) is 0 Å². The predicted octanol–water partition coefficient (Wildman–Crippen LogP) is 9.11. The van der Waals surface area contributed by atoms with Crippen LogP contribution in [0.25, 0.3) is 17.2 Å². The van der Waals surface area contributed by atoms with Gasteiger partial charge in [-0.15, -0.1) is 0 Å². The Balaban J connectivity index is 1.36. The first kappa shape index (κ1) is 25.1. The minimum Gasteiger partial charge on any atom is -0.494 e. The van der Waals surface area contributed by atoms with Crippen LogP contribution in [0.3, 0.4) is 0 Å². The van der Waals surface area contributed by atoms with Gasteiger partial charge in [0.15, 0.2) is 11.6 Å². The summed E-state index contributed by atoms with van der Waals surface area (Å²) in [5, 5.41) is 0. The monoisotopic (exact) mass is 478 g/mol. The Labute approximate surface area is 206 Å². The maximum absolute atomic E-state index is 15.1. The molecule has 0 bridgehead atoms. The quantitative estimate of drug-likeness (QED) is 0.314. The zero-order valence-electron chi connectivity index (χ0n) is 20.5. The van der Waals surface area contributed by atoms with E-state index in [1.54, 1.807) is 18.2 Å². The average Bonchev–Trinajstić information content (AvgIpc) is 2.87. The van der Waals surface area contributed by atoms with Crippen LogP contribution in [0.15, 0.2) is 60.7 Å². The second kappa shape index (κ2) is 11.6. The van der Waals surface area contributed by atoms with Crippen LogP contribution in [0.1, 0.15) is 68.6 Å². The molecular weight excluding hydrogens is 445 g/mol. The van der Waals surface area contributed by atoms with E-state index in [1.807, 2.05) is 56.3 Å². The van der Waals surface area contributed by atoms with Crippen molar-refractivity contribution < 1.29 is 17.9 Å². The topological polar surface area (TPSA) is 9.23 Å². The Morgan fingerprint density at radius 1 is 0.886 bits per heavy atom. The summed E-state index contributed by atoms with van der Waals surface area (Å²) in [5.41, 5.74) is 3.18. The van der Waals surface area contributed by atoms with E-state index in [-0.39, 0.29) is 11.7 Å². The molecular formula is C31H33F3O. The van der Waals surface area contributed by atoms with Gasteiger partial charge in [-0.25, -0.2) is 13.2 Å². The molecule has 1 saturated carbocycles. The van der Waals surface area contributed by atoms with Crippen LogP contribution in [-0.2, 0) is 6.42 Å². The fourth-order valence-corrected chi connectivity index (χ4v) is 5.18. The summed E-state index contributed by atoms with van der Waals surface area (Å²) in [4.78, 5) is 0. The van der Waals surface area contributed by atoms with Gasteiger partial charge in [0.2, 0.25) is 0 Å². The number of benzene rings is 3. The van der Waals surface area contributed by atoms with Gasteiger partial charge in [-0.2, -0.15) is 0 Å².